The van der Waals surface area contributed by atoms with Crippen LogP contribution in [0.25, 0.3) is 11.4 Å². The van der Waals surface area contributed by atoms with Crippen molar-refractivity contribution in [1.82, 2.24) is 15.5 Å². The number of aromatic nitrogens is 2. The molecule has 12 heteroatoms. The third-order valence-corrected chi connectivity index (χ3v) is 6.41. The van der Waals surface area contributed by atoms with Crippen LogP contribution in [0.3, 0.4) is 0 Å². The maximum absolute atomic E-state index is 13.5. The summed E-state index contributed by atoms with van der Waals surface area (Å²) in [5, 5.41) is 6.83. The van der Waals surface area contributed by atoms with Crippen LogP contribution in [0, 0.1) is 0 Å². The zero-order valence-electron chi connectivity index (χ0n) is 19.3. The Labute approximate surface area is 224 Å². The van der Waals surface area contributed by atoms with Gasteiger partial charge in [0.1, 0.15) is 0 Å². The molecule has 7 nitrogen and oxygen atoms in total. The first-order valence-electron chi connectivity index (χ1n) is 11.3. The van der Waals surface area contributed by atoms with Crippen LogP contribution in [0.4, 0.5) is 18.9 Å². The quantitative estimate of drug-likeness (QED) is 0.320. The lowest BCUT2D eigenvalue weighted by atomic mass is 10.1. The van der Waals surface area contributed by atoms with Crippen molar-refractivity contribution in [3.05, 3.63) is 99.4 Å². The van der Waals surface area contributed by atoms with E-state index >= 15 is 0 Å². The molecule has 0 radical (unpaired) electrons. The summed E-state index contributed by atoms with van der Waals surface area (Å²) in [6.07, 6.45) is -4.23. The smallest absolute Gasteiger partial charge is 0.350 e. The molecule has 5 rings (SSSR count). The van der Waals surface area contributed by atoms with Gasteiger partial charge in [-0.1, -0.05) is 58.7 Å². The normalized spacial score (nSPS) is 14.9. The summed E-state index contributed by atoms with van der Waals surface area (Å²) in [4.78, 5) is 31.3. The second-order valence-electron chi connectivity index (χ2n) is 8.53. The van der Waals surface area contributed by atoms with Crippen molar-refractivity contribution in [3.63, 3.8) is 0 Å². The number of para-hydroxylation sites is 1. The third kappa shape index (κ3) is 5.23. The molecule has 1 atom stereocenters. The van der Waals surface area contributed by atoms with Gasteiger partial charge in [0.05, 0.1) is 6.04 Å². The minimum atomic E-state index is -4.75. The summed E-state index contributed by atoms with van der Waals surface area (Å²) >= 11 is 12.2. The molecule has 38 heavy (non-hydrogen) atoms. The predicted octanol–water partition coefficient (Wildman–Crippen LogP) is 6.06. The molecule has 3 aromatic carbocycles. The highest BCUT2D eigenvalue weighted by molar-refractivity contribution is 6.35. The Balaban J connectivity index is 1.31. The van der Waals surface area contributed by atoms with Gasteiger partial charge in [-0.15, -0.1) is 0 Å². The van der Waals surface area contributed by atoms with Gasteiger partial charge in [0.2, 0.25) is 5.82 Å². The van der Waals surface area contributed by atoms with E-state index in [0.29, 0.717) is 22.0 Å². The minimum Gasteiger partial charge on any atom is -0.350 e. The van der Waals surface area contributed by atoms with Gasteiger partial charge in [-0.25, -0.2) is 0 Å². The molecule has 0 saturated carbocycles. The highest BCUT2D eigenvalue weighted by Crippen LogP contribution is 2.34. The summed E-state index contributed by atoms with van der Waals surface area (Å²) in [7, 11) is 0. The first-order chi connectivity index (χ1) is 18.1. The zero-order chi connectivity index (χ0) is 27.0. The second kappa shape index (κ2) is 10.1. The van der Waals surface area contributed by atoms with Gasteiger partial charge in [0.15, 0.2) is 0 Å². The van der Waals surface area contributed by atoms with E-state index in [2.05, 4.69) is 20.0 Å². The fourth-order valence-electron chi connectivity index (χ4n) is 4.25. The number of fused-ring (bicyclic) bond motifs is 1. The first-order valence-corrected chi connectivity index (χ1v) is 12.0. The highest BCUT2D eigenvalue weighted by Gasteiger charge is 2.38. The highest BCUT2D eigenvalue weighted by atomic mass is 35.5. The number of nitrogens with zero attached hydrogens (tertiary/aromatic N) is 3. The van der Waals surface area contributed by atoms with Crippen LogP contribution in [0.15, 0.2) is 71.3 Å². The molecule has 2 heterocycles. The van der Waals surface area contributed by atoms with Crippen molar-refractivity contribution in [1.29, 1.82) is 0 Å². The number of benzene rings is 3. The Kier molecular flexibility index (Phi) is 6.85. The largest absolute Gasteiger partial charge is 0.471 e. The van der Waals surface area contributed by atoms with Gasteiger partial charge in [0.25, 0.3) is 11.8 Å². The first kappa shape index (κ1) is 25.7. The molecule has 1 N–H and O–H groups in total. The van der Waals surface area contributed by atoms with E-state index in [1.54, 1.807) is 4.90 Å². The topological polar surface area (TPSA) is 88.3 Å². The molecule has 0 saturated heterocycles. The average molecular weight is 561 g/mol. The summed E-state index contributed by atoms with van der Waals surface area (Å²) in [6.45, 7) is 0.148. The maximum Gasteiger partial charge on any atom is 0.471 e. The minimum absolute atomic E-state index is 0.148. The van der Waals surface area contributed by atoms with Gasteiger partial charge in [-0.2, -0.15) is 18.2 Å². The summed E-state index contributed by atoms with van der Waals surface area (Å²) in [6, 6.07) is 17.4. The molecule has 0 aliphatic carbocycles. The summed E-state index contributed by atoms with van der Waals surface area (Å²) < 4.78 is 42.4. The lowest BCUT2D eigenvalue weighted by Crippen LogP contribution is -2.45. The molecule has 2 amide bonds. The number of carbonyl (C=O) groups is 2. The molecule has 1 aliphatic rings. The number of alkyl halides is 3. The molecule has 1 aliphatic heterocycles. The van der Waals surface area contributed by atoms with Crippen LogP contribution in [-0.4, -0.2) is 34.5 Å². The number of hydrogen-bond acceptors (Lipinski definition) is 5. The Morgan fingerprint density at radius 3 is 2.34 bits per heavy atom. The lowest BCUT2D eigenvalue weighted by molar-refractivity contribution is -0.159. The molecule has 0 spiro atoms. The molecule has 194 valence electrons. The lowest BCUT2D eigenvalue weighted by Gasteiger charge is -2.26. The van der Waals surface area contributed by atoms with Crippen LogP contribution in [0.2, 0.25) is 10.0 Å². The Hall–Kier alpha value is -3.89. The summed E-state index contributed by atoms with van der Waals surface area (Å²) in [5.74, 6) is -2.43. The molecular weight excluding hydrogens is 544 g/mol. The molecule has 4 aromatic rings. The fourth-order valence-corrected chi connectivity index (χ4v) is 4.78. The maximum atomic E-state index is 13.5. The zero-order valence-corrected chi connectivity index (χ0v) is 20.8. The van der Waals surface area contributed by atoms with E-state index in [-0.39, 0.29) is 35.4 Å². The Morgan fingerprint density at radius 2 is 1.68 bits per heavy atom. The van der Waals surface area contributed by atoms with Crippen molar-refractivity contribution in [2.24, 2.45) is 0 Å². The number of carbonyl (C=O) groups excluding carboxylic acids is 2. The van der Waals surface area contributed by atoms with Gasteiger partial charge in [-0.3, -0.25) is 9.59 Å². The average Bonchev–Trinajstić information content (AvgIpc) is 3.52. The molecule has 1 aromatic heterocycles. The van der Waals surface area contributed by atoms with Crippen LogP contribution >= 0.6 is 23.2 Å². The van der Waals surface area contributed by atoms with Gasteiger partial charge >= 0.3 is 12.1 Å². The number of hydrogen-bond donors (Lipinski definition) is 1. The Morgan fingerprint density at radius 1 is 1.00 bits per heavy atom. The number of halogens is 5. The third-order valence-electron chi connectivity index (χ3n) is 5.97. The van der Waals surface area contributed by atoms with E-state index in [1.165, 1.54) is 42.5 Å². The number of rotatable bonds is 5. The number of nitrogens with one attached hydrogen (secondary N) is 1. The SMILES string of the molecule is O=C(NCC1Cc2ccccc2N1C(=O)c1cc(Cl)cc(Cl)c1)c1ccc(-c2noc(C(F)(F)F)n2)cc1. The van der Waals surface area contributed by atoms with E-state index in [9.17, 15) is 22.8 Å². The van der Waals surface area contributed by atoms with Crippen LogP contribution < -0.4 is 10.2 Å². The van der Waals surface area contributed by atoms with Gasteiger partial charge in [0, 0.05) is 39.0 Å². The molecule has 1 unspecified atom stereocenters. The standard InChI is InChI=1S/C26H17Cl2F3N4O3/c27-18-9-17(10-19(28)12-18)24(37)35-20(11-16-3-1-2-4-21(16)35)13-32-23(36)15-7-5-14(6-8-15)22-33-25(38-34-22)26(29,30)31/h1-10,12,20H,11,13H2,(H,32,36). The van der Waals surface area contributed by atoms with Crippen molar-refractivity contribution < 1.29 is 27.3 Å². The van der Waals surface area contributed by atoms with Crippen LogP contribution in [0.1, 0.15) is 32.2 Å². The van der Waals surface area contributed by atoms with E-state index in [1.807, 2.05) is 24.3 Å². The van der Waals surface area contributed by atoms with E-state index in [4.69, 9.17) is 23.2 Å². The summed E-state index contributed by atoms with van der Waals surface area (Å²) in [5.41, 5.74) is 2.53. The van der Waals surface area contributed by atoms with Crippen molar-refractivity contribution >= 4 is 40.7 Å². The number of amides is 2. The molecule has 0 fully saturated rings. The predicted molar refractivity (Wildman–Crippen MR) is 134 cm³/mol. The van der Waals surface area contributed by atoms with E-state index < -0.39 is 18.0 Å². The number of anilines is 1. The van der Waals surface area contributed by atoms with Crippen molar-refractivity contribution in [2.75, 3.05) is 11.4 Å². The molecular formula is C26H17Cl2F3N4O3. The second-order valence-corrected chi connectivity index (χ2v) is 9.40. The van der Waals surface area contributed by atoms with E-state index in [0.717, 1.165) is 11.3 Å². The van der Waals surface area contributed by atoms with Crippen LogP contribution in [0.5, 0.6) is 0 Å². The van der Waals surface area contributed by atoms with Crippen molar-refractivity contribution in [2.45, 2.75) is 18.6 Å². The molecule has 0 bridgehead atoms. The van der Waals surface area contributed by atoms with Crippen LogP contribution in [-0.2, 0) is 12.6 Å². The van der Waals surface area contributed by atoms with Crippen molar-refractivity contribution in [3.8, 4) is 11.4 Å². The Bertz CT molecular complexity index is 1500. The van der Waals surface area contributed by atoms with Gasteiger partial charge < -0.3 is 14.7 Å². The monoisotopic (exact) mass is 560 g/mol. The van der Waals surface area contributed by atoms with Gasteiger partial charge in [-0.05, 0) is 48.4 Å². The fraction of sp³-hybridized carbons (Fsp3) is 0.154.